The van der Waals surface area contributed by atoms with Crippen LogP contribution in [0.15, 0.2) is 12.3 Å². The van der Waals surface area contributed by atoms with E-state index in [0.29, 0.717) is 18.2 Å². The fraction of sp³-hybridized carbons (Fsp3) is 0.625. The fourth-order valence-electron chi connectivity index (χ4n) is 3.15. The topological polar surface area (TPSA) is 39.2 Å². The second-order valence-electron chi connectivity index (χ2n) is 5.70. The molecular formula is C16H21NO2. The molecule has 1 saturated carbocycles. The summed E-state index contributed by atoms with van der Waals surface area (Å²) in [7, 11) is 0. The molecule has 1 aromatic heterocycles. The van der Waals surface area contributed by atoms with E-state index in [1.807, 2.05) is 6.92 Å². The van der Waals surface area contributed by atoms with Gasteiger partial charge in [-0.1, -0.05) is 12.8 Å². The molecule has 0 aromatic carbocycles. The van der Waals surface area contributed by atoms with Crippen molar-refractivity contribution in [2.75, 3.05) is 6.61 Å². The van der Waals surface area contributed by atoms with Crippen LogP contribution < -0.4 is 0 Å². The summed E-state index contributed by atoms with van der Waals surface area (Å²) in [4.78, 5) is 16.1. The standard InChI is InChI=1S/C16H21NO2/c1-2-19-16(18)15-14-8-7-12(6-5-11-3-4-11)13(14)9-10-17-15/h9-12H,2-8H2,1H3/t12-/m0/s1. The Kier molecular flexibility index (Phi) is 3.54. The molecule has 1 heterocycles. The number of pyridine rings is 1. The number of hydrogen-bond donors (Lipinski definition) is 0. The molecule has 2 aliphatic carbocycles. The SMILES string of the molecule is CCOC(=O)c1nccc2c1CC[C@@H]2CCC1CC1. The zero-order valence-electron chi connectivity index (χ0n) is 11.5. The summed E-state index contributed by atoms with van der Waals surface area (Å²) in [6, 6.07) is 2.10. The van der Waals surface area contributed by atoms with Crippen molar-refractivity contribution in [3.8, 4) is 0 Å². The summed E-state index contributed by atoms with van der Waals surface area (Å²) in [6.45, 7) is 2.24. The van der Waals surface area contributed by atoms with Gasteiger partial charge < -0.3 is 4.74 Å². The molecule has 0 amide bonds. The molecule has 0 aliphatic heterocycles. The summed E-state index contributed by atoms with van der Waals surface area (Å²) < 4.78 is 5.10. The minimum atomic E-state index is -0.262. The fourth-order valence-corrected chi connectivity index (χ4v) is 3.15. The lowest BCUT2D eigenvalue weighted by Crippen LogP contribution is -2.10. The monoisotopic (exact) mass is 259 g/mol. The Labute approximate surface area is 114 Å². The van der Waals surface area contributed by atoms with Crippen LogP contribution in [0.1, 0.15) is 66.6 Å². The van der Waals surface area contributed by atoms with Gasteiger partial charge in [0, 0.05) is 6.20 Å². The summed E-state index contributed by atoms with van der Waals surface area (Å²) in [5.74, 6) is 1.35. The molecule has 3 nitrogen and oxygen atoms in total. The number of nitrogens with zero attached hydrogens (tertiary/aromatic N) is 1. The third-order valence-corrected chi connectivity index (χ3v) is 4.36. The summed E-state index contributed by atoms with van der Waals surface area (Å²) >= 11 is 0. The van der Waals surface area contributed by atoms with E-state index in [4.69, 9.17) is 4.74 Å². The maximum atomic E-state index is 11.9. The predicted octanol–water partition coefficient (Wildman–Crippen LogP) is 3.48. The van der Waals surface area contributed by atoms with Crippen LogP contribution in [0, 0.1) is 5.92 Å². The molecule has 2 aliphatic rings. The van der Waals surface area contributed by atoms with Crippen LogP contribution in [0.2, 0.25) is 0 Å². The van der Waals surface area contributed by atoms with Gasteiger partial charge in [0.05, 0.1) is 6.61 Å². The summed E-state index contributed by atoms with van der Waals surface area (Å²) in [5, 5.41) is 0. The highest BCUT2D eigenvalue weighted by atomic mass is 16.5. The molecule has 3 rings (SSSR count). The van der Waals surface area contributed by atoms with Crippen molar-refractivity contribution < 1.29 is 9.53 Å². The number of rotatable bonds is 5. The smallest absolute Gasteiger partial charge is 0.357 e. The highest BCUT2D eigenvalue weighted by Crippen LogP contribution is 2.41. The Morgan fingerprint density at radius 2 is 2.21 bits per heavy atom. The van der Waals surface area contributed by atoms with E-state index < -0.39 is 0 Å². The number of ether oxygens (including phenoxy) is 1. The van der Waals surface area contributed by atoms with Crippen LogP contribution in [0.3, 0.4) is 0 Å². The van der Waals surface area contributed by atoms with E-state index >= 15 is 0 Å². The largest absolute Gasteiger partial charge is 0.461 e. The van der Waals surface area contributed by atoms with Gasteiger partial charge in [-0.05, 0) is 61.6 Å². The molecular weight excluding hydrogens is 238 g/mol. The molecule has 1 atom stereocenters. The number of hydrogen-bond acceptors (Lipinski definition) is 3. The molecule has 0 unspecified atom stereocenters. The van der Waals surface area contributed by atoms with Crippen molar-refractivity contribution in [1.82, 2.24) is 4.98 Å². The van der Waals surface area contributed by atoms with Gasteiger partial charge in [0.2, 0.25) is 0 Å². The van der Waals surface area contributed by atoms with Gasteiger partial charge in [0.25, 0.3) is 0 Å². The Hall–Kier alpha value is -1.38. The van der Waals surface area contributed by atoms with E-state index in [2.05, 4.69) is 11.1 Å². The number of carbonyl (C=O) groups excluding carboxylic acids is 1. The first-order chi connectivity index (χ1) is 9.29. The van der Waals surface area contributed by atoms with Gasteiger partial charge in [0.1, 0.15) is 0 Å². The highest BCUT2D eigenvalue weighted by molar-refractivity contribution is 5.89. The van der Waals surface area contributed by atoms with Gasteiger partial charge in [-0.15, -0.1) is 0 Å². The van der Waals surface area contributed by atoms with E-state index in [1.165, 1.54) is 37.7 Å². The maximum absolute atomic E-state index is 11.9. The lowest BCUT2D eigenvalue weighted by molar-refractivity contribution is 0.0518. The molecule has 1 fully saturated rings. The normalized spacial score (nSPS) is 21.2. The summed E-state index contributed by atoms with van der Waals surface area (Å²) in [5.41, 5.74) is 3.04. The summed E-state index contributed by atoms with van der Waals surface area (Å²) in [6.07, 6.45) is 9.37. The quantitative estimate of drug-likeness (QED) is 0.760. The van der Waals surface area contributed by atoms with Crippen LogP contribution in [0.4, 0.5) is 0 Å². The zero-order valence-corrected chi connectivity index (χ0v) is 11.5. The molecule has 0 bridgehead atoms. The molecule has 0 spiro atoms. The maximum Gasteiger partial charge on any atom is 0.357 e. The van der Waals surface area contributed by atoms with Gasteiger partial charge in [0.15, 0.2) is 5.69 Å². The van der Waals surface area contributed by atoms with Crippen molar-refractivity contribution in [2.45, 2.75) is 51.4 Å². The number of aromatic nitrogens is 1. The second kappa shape index (κ2) is 5.32. The minimum Gasteiger partial charge on any atom is -0.461 e. The van der Waals surface area contributed by atoms with Crippen LogP contribution >= 0.6 is 0 Å². The first-order valence-electron chi connectivity index (χ1n) is 7.44. The number of fused-ring (bicyclic) bond motifs is 1. The van der Waals surface area contributed by atoms with Gasteiger partial charge >= 0.3 is 5.97 Å². The predicted molar refractivity (Wildman–Crippen MR) is 73.2 cm³/mol. The molecule has 3 heteroatoms. The minimum absolute atomic E-state index is 0.262. The van der Waals surface area contributed by atoms with E-state index in [-0.39, 0.29) is 5.97 Å². The Bertz CT molecular complexity index is 480. The molecule has 0 radical (unpaired) electrons. The average molecular weight is 259 g/mol. The molecule has 19 heavy (non-hydrogen) atoms. The van der Waals surface area contributed by atoms with Crippen LogP contribution in [0.5, 0.6) is 0 Å². The van der Waals surface area contributed by atoms with Gasteiger partial charge in [-0.25, -0.2) is 9.78 Å². The van der Waals surface area contributed by atoms with Crippen molar-refractivity contribution in [1.29, 1.82) is 0 Å². The van der Waals surface area contributed by atoms with Crippen molar-refractivity contribution >= 4 is 5.97 Å². The Balaban J connectivity index is 1.77. The zero-order chi connectivity index (χ0) is 13.2. The number of carbonyl (C=O) groups is 1. The molecule has 0 saturated heterocycles. The number of esters is 1. The van der Waals surface area contributed by atoms with Crippen LogP contribution in [-0.4, -0.2) is 17.6 Å². The Morgan fingerprint density at radius 3 is 2.95 bits per heavy atom. The first kappa shape index (κ1) is 12.6. The lowest BCUT2D eigenvalue weighted by atomic mass is 9.95. The third kappa shape index (κ3) is 2.65. The van der Waals surface area contributed by atoms with Crippen LogP contribution in [-0.2, 0) is 11.2 Å². The third-order valence-electron chi connectivity index (χ3n) is 4.36. The average Bonchev–Trinajstić information content (AvgIpc) is 3.16. The first-order valence-corrected chi connectivity index (χ1v) is 7.44. The lowest BCUT2D eigenvalue weighted by Gasteiger charge is -2.11. The molecule has 0 N–H and O–H groups in total. The van der Waals surface area contributed by atoms with Crippen molar-refractivity contribution in [2.24, 2.45) is 5.92 Å². The van der Waals surface area contributed by atoms with Gasteiger partial charge in [-0.2, -0.15) is 0 Å². The second-order valence-corrected chi connectivity index (χ2v) is 5.70. The Morgan fingerprint density at radius 1 is 1.37 bits per heavy atom. The molecule has 1 aromatic rings. The van der Waals surface area contributed by atoms with E-state index in [0.717, 1.165) is 17.9 Å². The van der Waals surface area contributed by atoms with E-state index in [1.54, 1.807) is 6.20 Å². The molecule has 102 valence electrons. The van der Waals surface area contributed by atoms with Crippen molar-refractivity contribution in [3.63, 3.8) is 0 Å². The van der Waals surface area contributed by atoms with Gasteiger partial charge in [-0.3, -0.25) is 0 Å². The van der Waals surface area contributed by atoms with E-state index in [9.17, 15) is 4.79 Å². The van der Waals surface area contributed by atoms with Crippen molar-refractivity contribution in [3.05, 3.63) is 29.1 Å². The van der Waals surface area contributed by atoms with Crippen LogP contribution in [0.25, 0.3) is 0 Å². The highest BCUT2D eigenvalue weighted by Gasteiger charge is 2.30.